The molecule has 0 fully saturated rings. The van der Waals surface area contributed by atoms with Crippen LogP contribution in [0.5, 0.6) is 0 Å². The van der Waals surface area contributed by atoms with Crippen LogP contribution in [0.25, 0.3) is 0 Å². The van der Waals surface area contributed by atoms with E-state index in [1.54, 1.807) is 13.0 Å². The lowest BCUT2D eigenvalue weighted by Gasteiger charge is -2.06. The Bertz CT molecular complexity index is 691. The maximum atomic E-state index is 10.8. The second-order valence-corrected chi connectivity index (χ2v) is 7.00. The Hall–Kier alpha value is -2.02. The summed E-state index contributed by atoms with van der Waals surface area (Å²) in [6, 6.07) is 1.72. The van der Waals surface area contributed by atoms with Crippen LogP contribution < -0.4 is 5.32 Å². The molecular formula is C16H20N4O2S. The number of nitrogens with one attached hydrogen (secondary N) is 1. The summed E-state index contributed by atoms with van der Waals surface area (Å²) in [7, 11) is 0. The predicted molar refractivity (Wildman–Crippen MR) is 91.2 cm³/mol. The molecule has 0 atom stereocenters. The van der Waals surface area contributed by atoms with Gasteiger partial charge in [-0.25, -0.2) is 9.97 Å². The zero-order valence-corrected chi connectivity index (χ0v) is 14.0. The molecule has 0 amide bonds. The van der Waals surface area contributed by atoms with Gasteiger partial charge in [-0.1, -0.05) is 0 Å². The zero-order valence-electron chi connectivity index (χ0n) is 13.2. The smallest absolute Gasteiger partial charge is 0.290 e. The summed E-state index contributed by atoms with van der Waals surface area (Å²) in [5, 5.41) is 15.2. The molecule has 1 N–H and O–H groups in total. The molecule has 122 valence electrons. The Morgan fingerprint density at radius 3 is 2.96 bits per heavy atom. The average molecular weight is 332 g/mol. The zero-order chi connectivity index (χ0) is 16.2. The van der Waals surface area contributed by atoms with Crippen LogP contribution in [0, 0.1) is 17.0 Å². The molecule has 0 aromatic carbocycles. The molecule has 23 heavy (non-hydrogen) atoms. The van der Waals surface area contributed by atoms with Gasteiger partial charge >= 0.3 is 0 Å². The lowest BCUT2D eigenvalue weighted by atomic mass is 10.0. The van der Waals surface area contributed by atoms with Gasteiger partial charge in [-0.2, -0.15) is 0 Å². The third-order valence-corrected chi connectivity index (χ3v) is 5.26. The van der Waals surface area contributed by atoms with Crippen molar-refractivity contribution in [3.05, 3.63) is 43.5 Å². The molecule has 1 aliphatic carbocycles. The molecule has 0 radical (unpaired) electrons. The maximum absolute atomic E-state index is 10.8. The number of aryl methyl sites for hydroxylation is 4. The van der Waals surface area contributed by atoms with Gasteiger partial charge in [-0.3, -0.25) is 10.1 Å². The van der Waals surface area contributed by atoms with E-state index < -0.39 is 4.92 Å². The fourth-order valence-electron chi connectivity index (χ4n) is 2.81. The van der Waals surface area contributed by atoms with E-state index >= 15 is 0 Å². The first kappa shape index (κ1) is 15.9. The number of anilines is 1. The summed E-state index contributed by atoms with van der Waals surface area (Å²) < 4.78 is 0. The summed E-state index contributed by atoms with van der Waals surface area (Å²) in [5.41, 5.74) is 2.00. The number of pyridine rings is 1. The minimum absolute atomic E-state index is 0.0592. The van der Waals surface area contributed by atoms with Crippen LogP contribution in [0.3, 0.4) is 0 Å². The first-order valence-corrected chi connectivity index (χ1v) is 8.77. The highest BCUT2D eigenvalue weighted by molar-refractivity contribution is 7.11. The topological polar surface area (TPSA) is 81.0 Å². The fraction of sp³-hybridized carbons (Fsp3) is 0.500. The Morgan fingerprint density at radius 1 is 1.39 bits per heavy atom. The van der Waals surface area contributed by atoms with Gasteiger partial charge in [0.15, 0.2) is 0 Å². The van der Waals surface area contributed by atoms with E-state index in [1.807, 2.05) is 11.3 Å². The van der Waals surface area contributed by atoms with E-state index in [9.17, 15) is 10.1 Å². The van der Waals surface area contributed by atoms with Crippen LogP contribution >= 0.6 is 11.3 Å². The third-order valence-electron chi connectivity index (χ3n) is 4.04. The highest BCUT2D eigenvalue weighted by Crippen LogP contribution is 2.27. The van der Waals surface area contributed by atoms with Gasteiger partial charge in [0.25, 0.3) is 5.69 Å². The number of nitro groups is 1. The second kappa shape index (κ2) is 7.04. The molecule has 0 aliphatic heterocycles. The van der Waals surface area contributed by atoms with Gasteiger partial charge in [-0.15, -0.1) is 11.3 Å². The van der Waals surface area contributed by atoms with E-state index in [1.165, 1.54) is 41.0 Å². The largest absolute Gasteiger partial charge is 0.370 e. The van der Waals surface area contributed by atoms with Crippen molar-refractivity contribution in [1.82, 2.24) is 9.97 Å². The first-order valence-electron chi connectivity index (χ1n) is 7.96. The van der Waals surface area contributed by atoms with Crippen molar-refractivity contribution in [2.75, 3.05) is 11.9 Å². The summed E-state index contributed by atoms with van der Waals surface area (Å²) in [4.78, 5) is 20.7. The molecular weight excluding hydrogens is 312 g/mol. The second-order valence-electron chi connectivity index (χ2n) is 5.83. The highest BCUT2D eigenvalue weighted by Gasteiger charge is 2.15. The Labute approximate surface area is 139 Å². The molecule has 0 saturated carbocycles. The first-order chi connectivity index (χ1) is 11.1. The molecule has 0 spiro atoms. The molecule has 0 bridgehead atoms. The van der Waals surface area contributed by atoms with Crippen LogP contribution in [0.4, 0.5) is 11.5 Å². The predicted octanol–water partition coefficient (Wildman–Crippen LogP) is 3.68. The van der Waals surface area contributed by atoms with Gasteiger partial charge in [0.2, 0.25) is 0 Å². The number of aromatic nitrogens is 2. The lowest BCUT2D eigenvalue weighted by molar-refractivity contribution is -0.385. The number of rotatable bonds is 6. The van der Waals surface area contributed by atoms with Crippen molar-refractivity contribution in [2.24, 2.45) is 0 Å². The van der Waals surface area contributed by atoms with Crippen molar-refractivity contribution in [1.29, 1.82) is 0 Å². The molecule has 1 aliphatic rings. The molecule has 2 heterocycles. The Balaban J connectivity index is 1.49. The van der Waals surface area contributed by atoms with Crippen molar-refractivity contribution in [3.63, 3.8) is 0 Å². The van der Waals surface area contributed by atoms with Gasteiger partial charge in [0.1, 0.15) is 12.0 Å². The number of hydrogen-bond acceptors (Lipinski definition) is 6. The average Bonchev–Trinajstić information content (AvgIpc) is 2.94. The fourth-order valence-corrected chi connectivity index (χ4v) is 4.00. The molecule has 2 aromatic heterocycles. The van der Waals surface area contributed by atoms with Gasteiger partial charge in [-0.05, 0) is 45.1 Å². The third kappa shape index (κ3) is 3.85. The normalized spacial score (nSPS) is 13.6. The molecule has 6 nitrogen and oxygen atoms in total. The van der Waals surface area contributed by atoms with Crippen LogP contribution in [0.1, 0.15) is 40.4 Å². The number of thiazole rings is 1. The lowest BCUT2D eigenvalue weighted by Crippen LogP contribution is -2.05. The molecule has 0 saturated heterocycles. The molecule has 2 aromatic rings. The molecule has 7 heteroatoms. The van der Waals surface area contributed by atoms with Crippen LogP contribution in [-0.4, -0.2) is 21.4 Å². The van der Waals surface area contributed by atoms with Crippen LogP contribution in [-0.2, 0) is 19.3 Å². The van der Waals surface area contributed by atoms with Gasteiger partial charge in [0, 0.05) is 23.4 Å². The Kier molecular flexibility index (Phi) is 4.85. The van der Waals surface area contributed by atoms with Crippen molar-refractivity contribution < 1.29 is 4.92 Å². The molecule has 0 unspecified atom stereocenters. The van der Waals surface area contributed by atoms with Crippen molar-refractivity contribution in [2.45, 2.75) is 45.4 Å². The van der Waals surface area contributed by atoms with E-state index in [-0.39, 0.29) is 5.69 Å². The van der Waals surface area contributed by atoms with Crippen LogP contribution in [0.2, 0.25) is 0 Å². The standard InChI is InChI=1S/C16H20N4O2S/c1-11-9-15(18-10-13(11)20(21)22)17-8-4-7-16-19-12-5-2-3-6-14(12)23-16/h9-10H,2-8H2,1H3,(H,17,18). The highest BCUT2D eigenvalue weighted by atomic mass is 32.1. The summed E-state index contributed by atoms with van der Waals surface area (Å²) in [5.74, 6) is 0.687. The summed E-state index contributed by atoms with van der Waals surface area (Å²) in [6.45, 7) is 2.51. The number of hydrogen-bond donors (Lipinski definition) is 1. The quantitative estimate of drug-likeness (QED) is 0.496. The van der Waals surface area contributed by atoms with Crippen LogP contribution in [0.15, 0.2) is 12.3 Å². The molecule has 3 rings (SSSR count). The number of fused-ring (bicyclic) bond motifs is 1. The number of nitrogens with zero attached hydrogens (tertiary/aromatic N) is 3. The van der Waals surface area contributed by atoms with Gasteiger partial charge in [0.05, 0.1) is 15.6 Å². The summed E-state index contributed by atoms with van der Waals surface area (Å²) >= 11 is 1.86. The van der Waals surface area contributed by atoms with E-state index in [4.69, 9.17) is 4.98 Å². The Morgan fingerprint density at radius 2 is 2.22 bits per heavy atom. The van der Waals surface area contributed by atoms with Crippen molar-refractivity contribution in [3.8, 4) is 0 Å². The van der Waals surface area contributed by atoms with Gasteiger partial charge < -0.3 is 5.32 Å². The van der Waals surface area contributed by atoms with Crippen molar-refractivity contribution >= 4 is 22.8 Å². The SMILES string of the molecule is Cc1cc(NCCCc2nc3c(s2)CCCC3)ncc1[N+](=O)[O-]. The van der Waals surface area contributed by atoms with E-state index in [2.05, 4.69) is 10.3 Å². The van der Waals surface area contributed by atoms with E-state index in [0.717, 1.165) is 25.8 Å². The monoisotopic (exact) mass is 332 g/mol. The van der Waals surface area contributed by atoms with E-state index in [0.29, 0.717) is 11.4 Å². The minimum Gasteiger partial charge on any atom is -0.370 e. The summed E-state index contributed by atoms with van der Waals surface area (Å²) in [6.07, 6.45) is 8.14. The minimum atomic E-state index is -0.406. The maximum Gasteiger partial charge on any atom is 0.290 e.